The van der Waals surface area contributed by atoms with Gasteiger partial charge in [0.2, 0.25) is 0 Å². The molecular formula is C26H21N5O3. The lowest BCUT2D eigenvalue weighted by Gasteiger charge is -2.35. The second-order valence-electron chi connectivity index (χ2n) is 8.30. The molecule has 0 aliphatic carbocycles. The number of nitrogens with one attached hydrogen (secondary N) is 1. The summed E-state index contributed by atoms with van der Waals surface area (Å²) in [4.78, 5) is 45.6. The van der Waals surface area contributed by atoms with Gasteiger partial charge < -0.3 is 9.80 Å². The van der Waals surface area contributed by atoms with Crippen LogP contribution in [0.2, 0.25) is 0 Å². The minimum atomic E-state index is -0.377. The maximum absolute atomic E-state index is 13.2. The fourth-order valence-electron chi connectivity index (χ4n) is 4.43. The van der Waals surface area contributed by atoms with E-state index in [-0.39, 0.29) is 17.7 Å². The van der Waals surface area contributed by atoms with Gasteiger partial charge in [0, 0.05) is 37.9 Å². The molecule has 0 spiro atoms. The topological polar surface area (TPSA) is 106 Å². The number of carbonyl (C=O) groups excluding carboxylic acids is 3. The number of piperazine rings is 1. The molecule has 0 radical (unpaired) electrons. The largest absolute Gasteiger partial charge is 0.353 e. The molecule has 2 aliphatic rings. The molecule has 0 atom stereocenters. The molecule has 2 aromatic carbocycles. The molecule has 34 heavy (non-hydrogen) atoms. The van der Waals surface area contributed by atoms with Crippen LogP contribution in [0.3, 0.4) is 0 Å². The summed E-state index contributed by atoms with van der Waals surface area (Å²) in [7, 11) is 0. The fraction of sp³-hybridized carbons (Fsp3) is 0.192. The van der Waals surface area contributed by atoms with Crippen LogP contribution >= 0.6 is 0 Å². The van der Waals surface area contributed by atoms with Crippen molar-refractivity contribution in [3.8, 4) is 6.07 Å². The lowest BCUT2D eigenvalue weighted by Crippen LogP contribution is -2.49. The van der Waals surface area contributed by atoms with Crippen molar-refractivity contribution in [2.24, 2.45) is 0 Å². The van der Waals surface area contributed by atoms with Gasteiger partial charge in [-0.15, -0.1) is 0 Å². The molecule has 3 amide bonds. The SMILES string of the molecule is N#Cc1ccc(N2CCN(C(=O)c3cccc(Cc4cccc5c4C(=O)NC5=O)c3)CC2)nc1. The van der Waals surface area contributed by atoms with Crippen molar-refractivity contribution < 1.29 is 14.4 Å². The monoisotopic (exact) mass is 451 g/mol. The van der Waals surface area contributed by atoms with E-state index in [1.165, 1.54) is 0 Å². The Hall–Kier alpha value is -4.51. The Labute approximate surface area is 196 Å². The Morgan fingerprint density at radius 1 is 1.00 bits per heavy atom. The van der Waals surface area contributed by atoms with E-state index < -0.39 is 0 Å². The smallest absolute Gasteiger partial charge is 0.259 e. The van der Waals surface area contributed by atoms with Gasteiger partial charge in [-0.25, -0.2) is 4.98 Å². The normalized spacial score (nSPS) is 15.0. The second kappa shape index (κ2) is 8.79. The quantitative estimate of drug-likeness (QED) is 0.611. The molecule has 1 aromatic heterocycles. The molecule has 8 nitrogen and oxygen atoms in total. The predicted molar refractivity (Wildman–Crippen MR) is 125 cm³/mol. The number of nitrogens with zero attached hydrogens (tertiary/aromatic N) is 4. The molecule has 2 aliphatic heterocycles. The van der Waals surface area contributed by atoms with E-state index in [4.69, 9.17) is 5.26 Å². The van der Waals surface area contributed by atoms with Crippen LogP contribution in [0.5, 0.6) is 0 Å². The van der Waals surface area contributed by atoms with Crippen molar-refractivity contribution in [1.29, 1.82) is 5.26 Å². The highest BCUT2D eigenvalue weighted by Gasteiger charge is 2.29. The van der Waals surface area contributed by atoms with Crippen molar-refractivity contribution in [1.82, 2.24) is 15.2 Å². The fourth-order valence-corrected chi connectivity index (χ4v) is 4.43. The third-order valence-electron chi connectivity index (χ3n) is 6.19. The lowest BCUT2D eigenvalue weighted by atomic mass is 9.96. The number of carbonyl (C=O) groups is 3. The first-order chi connectivity index (χ1) is 16.5. The highest BCUT2D eigenvalue weighted by Crippen LogP contribution is 2.23. The van der Waals surface area contributed by atoms with E-state index in [0.29, 0.717) is 54.9 Å². The number of pyridine rings is 1. The number of imide groups is 1. The van der Waals surface area contributed by atoms with E-state index in [9.17, 15) is 14.4 Å². The minimum Gasteiger partial charge on any atom is -0.353 e. The van der Waals surface area contributed by atoms with E-state index in [0.717, 1.165) is 16.9 Å². The van der Waals surface area contributed by atoms with Crippen LogP contribution in [0.25, 0.3) is 0 Å². The lowest BCUT2D eigenvalue weighted by molar-refractivity contribution is 0.0745. The first kappa shape index (κ1) is 21.3. The third-order valence-corrected chi connectivity index (χ3v) is 6.19. The van der Waals surface area contributed by atoms with Gasteiger partial charge >= 0.3 is 0 Å². The Bertz CT molecular complexity index is 1340. The summed E-state index contributed by atoms with van der Waals surface area (Å²) in [6.45, 7) is 2.45. The zero-order valence-electron chi connectivity index (χ0n) is 18.3. The van der Waals surface area contributed by atoms with Gasteiger partial charge in [0.05, 0.1) is 16.7 Å². The molecule has 1 N–H and O–H groups in total. The number of benzene rings is 2. The Morgan fingerprint density at radius 3 is 2.53 bits per heavy atom. The molecule has 0 saturated carbocycles. The summed E-state index contributed by atoms with van der Waals surface area (Å²) in [5.41, 5.74) is 3.57. The average Bonchev–Trinajstić information content (AvgIpc) is 3.18. The summed E-state index contributed by atoms with van der Waals surface area (Å²) in [5.74, 6) is 0.00471. The standard InChI is InChI=1S/C26H21N5O3/c27-15-18-7-8-22(28-16-18)30-9-11-31(12-10-30)26(34)20-5-1-3-17(14-20)13-19-4-2-6-21-23(19)25(33)29-24(21)32/h1-8,14,16H,9-13H2,(H,29,32,33). The first-order valence-corrected chi connectivity index (χ1v) is 11.0. The summed E-state index contributed by atoms with van der Waals surface area (Å²) in [5, 5.41) is 11.3. The van der Waals surface area contributed by atoms with Crippen molar-refractivity contribution in [2.45, 2.75) is 6.42 Å². The maximum Gasteiger partial charge on any atom is 0.259 e. The Balaban J connectivity index is 1.27. The van der Waals surface area contributed by atoms with Gasteiger partial charge in [0.1, 0.15) is 11.9 Å². The third kappa shape index (κ3) is 3.99. The maximum atomic E-state index is 13.2. The van der Waals surface area contributed by atoms with Gasteiger partial charge in [-0.2, -0.15) is 5.26 Å². The number of rotatable bonds is 4. The van der Waals surface area contributed by atoms with Crippen molar-refractivity contribution in [2.75, 3.05) is 31.1 Å². The van der Waals surface area contributed by atoms with Crippen LogP contribution in [0.4, 0.5) is 5.82 Å². The van der Waals surface area contributed by atoms with E-state index in [1.807, 2.05) is 35.2 Å². The van der Waals surface area contributed by atoms with Crippen LogP contribution in [-0.2, 0) is 6.42 Å². The molecular weight excluding hydrogens is 430 g/mol. The van der Waals surface area contributed by atoms with Crippen LogP contribution < -0.4 is 10.2 Å². The van der Waals surface area contributed by atoms with Crippen LogP contribution in [0.15, 0.2) is 60.8 Å². The molecule has 3 aromatic rings. The Kier molecular flexibility index (Phi) is 5.52. The molecule has 168 valence electrons. The van der Waals surface area contributed by atoms with E-state index >= 15 is 0 Å². The van der Waals surface area contributed by atoms with Crippen LogP contribution in [0, 0.1) is 11.3 Å². The molecule has 5 rings (SSSR count). The molecule has 0 bridgehead atoms. The van der Waals surface area contributed by atoms with Gasteiger partial charge in [0.15, 0.2) is 0 Å². The summed E-state index contributed by atoms with van der Waals surface area (Å²) >= 11 is 0. The van der Waals surface area contributed by atoms with E-state index in [1.54, 1.807) is 30.5 Å². The summed E-state index contributed by atoms with van der Waals surface area (Å²) < 4.78 is 0. The number of fused-ring (bicyclic) bond motifs is 1. The highest BCUT2D eigenvalue weighted by molar-refractivity contribution is 6.22. The second-order valence-corrected chi connectivity index (χ2v) is 8.30. The summed E-state index contributed by atoms with van der Waals surface area (Å²) in [6, 6.07) is 18.3. The predicted octanol–water partition coefficient (Wildman–Crippen LogP) is 2.39. The van der Waals surface area contributed by atoms with Crippen LogP contribution in [0.1, 0.15) is 47.8 Å². The molecule has 1 saturated heterocycles. The zero-order chi connectivity index (χ0) is 23.7. The van der Waals surface area contributed by atoms with Crippen molar-refractivity contribution in [3.05, 3.63) is 94.2 Å². The van der Waals surface area contributed by atoms with Gasteiger partial charge in [-0.3, -0.25) is 19.7 Å². The number of anilines is 1. The molecule has 0 unspecified atom stereocenters. The minimum absolute atomic E-state index is 0.0412. The Morgan fingerprint density at radius 2 is 1.79 bits per heavy atom. The van der Waals surface area contributed by atoms with Crippen LogP contribution in [-0.4, -0.2) is 53.8 Å². The molecule has 1 fully saturated rings. The number of aromatic nitrogens is 1. The van der Waals surface area contributed by atoms with E-state index in [2.05, 4.69) is 21.3 Å². The molecule has 3 heterocycles. The van der Waals surface area contributed by atoms with Gasteiger partial charge in [-0.1, -0.05) is 24.3 Å². The first-order valence-electron chi connectivity index (χ1n) is 11.0. The number of hydrogen-bond donors (Lipinski definition) is 1. The van der Waals surface area contributed by atoms with Crippen molar-refractivity contribution in [3.63, 3.8) is 0 Å². The number of hydrogen-bond acceptors (Lipinski definition) is 6. The molecule has 8 heteroatoms. The number of nitriles is 1. The average molecular weight is 451 g/mol. The van der Waals surface area contributed by atoms with Gasteiger partial charge in [0.25, 0.3) is 17.7 Å². The highest BCUT2D eigenvalue weighted by atomic mass is 16.2. The van der Waals surface area contributed by atoms with Gasteiger partial charge in [-0.05, 0) is 47.9 Å². The number of amides is 3. The summed E-state index contributed by atoms with van der Waals surface area (Å²) in [6.07, 6.45) is 2.00. The zero-order valence-corrected chi connectivity index (χ0v) is 18.3. The van der Waals surface area contributed by atoms with Crippen molar-refractivity contribution >= 4 is 23.5 Å².